The Morgan fingerprint density at radius 3 is 2.51 bits per heavy atom. The van der Waals surface area contributed by atoms with Gasteiger partial charge in [0.2, 0.25) is 11.8 Å². The summed E-state index contributed by atoms with van der Waals surface area (Å²) in [7, 11) is 0. The molecule has 0 saturated carbocycles. The average molecular weight is 470 g/mol. The van der Waals surface area contributed by atoms with Crippen LogP contribution in [0.4, 0.5) is 0 Å². The quantitative estimate of drug-likeness (QED) is 0.352. The van der Waals surface area contributed by atoms with Crippen molar-refractivity contribution < 1.29 is 18.4 Å². The zero-order valence-corrected chi connectivity index (χ0v) is 18.7. The summed E-state index contributed by atoms with van der Waals surface area (Å²) < 4.78 is 12.4. The number of hydrogen-bond donors (Lipinski definition) is 1. The van der Waals surface area contributed by atoms with Crippen molar-refractivity contribution in [2.75, 3.05) is 0 Å². The SMILES string of the molecule is O=C(NCc1ccco1)C(c1cccnc1)N(Cc1ccco1)C(=O)Cn1nnc2ccccc21. The first-order valence-electron chi connectivity index (χ1n) is 11.0. The zero-order chi connectivity index (χ0) is 24.0. The number of benzene rings is 1. The molecule has 176 valence electrons. The van der Waals surface area contributed by atoms with Crippen LogP contribution in [0.3, 0.4) is 0 Å². The molecule has 2 amide bonds. The Balaban J connectivity index is 1.48. The number of nitrogens with zero attached hydrogens (tertiary/aromatic N) is 5. The maximum absolute atomic E-state index is 13.7. The molecule has 4 aromatic heterocycles. The van der Waals surface area contributed by atoms with Gasteiger partial charge in [-0.25, -0.2) is 4.68 Å². The summed E-state index contributed by atoms with van der Waals surface area (Å²) in [5, 5.41) is 11.1. The highest BCUT2D eigenvalue weighted by Gasteiger charge is 2.33. The lowest BCUT2D eigenvalue weighted by atomic mass is 10.1. The fourth-order valence-corrected chi connectivity index (χ4v) is 3.84. The van der Waals surface area contributed by atoms with Crippen molar-refractivity contribution in [3.8, 4) is 0 Å². The molecule has 0 aliphatic carbocycles. The molecule has 35 heavy (non-hydrogen) atoms. The second-order valence-electron chi connectivity index (χ2n) is 7.82. The van der Waals surface area contributed by atoms with Crippen molar-refractivity contribution in [2.45, 2.75) is 25.7 Å². The van der Waals surface area contributed by atoms with Crippen LogP contribution in [0.2, 0.25) is 0 Å². The van der Waals surface area contributed by atoms with Gasteiger partial charge in [-0.1, -0.05) is 23.4 Å². The van der Waals surface area contributed by atoms with Crippen LogP contribution in [0.1, 0.15) is 23.1 Å². The first-order valence-corrected chi connectivity index (χ1v) is 11.0. The molecule has 1 unspecified atom stereocenters. The fraction of sp³-hybridized carbons (Fsp3) is 0.160. The molecule has 10 nitrogen and oxygen atoms in total. The van der Waals surface area contributed by atoms with Crippen molar-refractivity contribution in [3.05, 3.63) is 103 Å². The Kier molecular flexibility index (Phi) is 6.33. The predicted molar refractivity (Wildman–Crippen MR) is 124 cm³/mol. The average Bonchev–Trinajstić information content (AvgIpc) is 3.66. The van der Waals surface area contributed by atoms with Gasteiger partial charge in [-0.05, 0) is 42.5 Å². The monoisotopic (exact) mass is 470 g/mol. The maximum atomic E-state index is 13.7. The first-order chi connectivity index (χ1) is 17.2. The van der Waals surface area contributed by atoms with Gasteiger partial charge in [0.25, 0.3) is 0 Å². The highest BCUT2D eigenvalue weighted by molar-refractivity contribution is 5.89. The molecule has 0 saturated heterocycles. The molecule has 1 aromatic carbocycles. The summed E-state index contributed by atoms with van der Waals surface area (Å²) in [5.41, 5.74) is 1.96. The van der Waals surface area contributed by atoms with Gasteiger partial charge in [-0.15, -0.1) is 5.10 Å². The van der Waals surface area contributed by atoms with Crippen molar-refractivity contribution in [1.29, 1.82) is 0 Å². The Hall–Kier alpha value is -4.73. The fourth-order valence-electron chi connectivity index (χ4n) is 3.84. The number of rotatable bonds is 9. The van der Waals surface area contributed by atoms with E-state index in [0.29, 0.717) is 22.6 Å². The van der Waals surface area contributed by atoms with Gasteiger partial charge in [0.1, 0.15) is 29.6 Å². The van der Waals surface area contributed by atoms with E-state index in [-0.39, 0.29) is 31.4 Å². The third kappa shape index (κ3) is 4.96. The number of pyridine rings is 1. The smallest absolute Gasteiger partial charge is 0.247 e. The Morgan fingerprint density at radius 2 is 1.77 bits per heavy atom. The molecule has 5 rings (SSSR count). The number of nitrogens with one attached hydrogen (secondary N) is 1. The summed E-state index contributed by atoms with van der Waals surface area (Å²) in [6.45, 7) is 0.148. The van der Waals surface area contributed by atoms with Crippen molar-refractivity contribution >= 4 is 22.8 Å². The van der Waals surface area contributed by atoms with Crippen molar-refractivity contribution in [3.63, 3.8) is 0 Å². The normalized spacial score (nSPS) is 11.9. The van der Waals surface area contributed by atoms with Gasteiger partial charge < -0.3 is 19.1 Å². The van der Waals surface area contributed by atoms with Crippen molar-refractivity contribution in [2.24, 2.45) is 0 Å². The molecule has 0 fully saturated rings. The molecule has 1 N–H and O–H groups in total. The number of carbonyl (C=O) groups is 2. The molecule has 0 bridgehead atoms. The lowest BCUT2D eigenvalue weighted by Gasteiger charge is -2.30. The minimum absolute atomic E-state index is 0.0756. The van der Waals surface area contributed by atoms with Crippen LogP contribution >= 0.6 is 0 Å². The lowest BCUT2D eigenvalue weighted by molar-refractivity contribution is -0.142. The number of para-hydroxylation sites is 1. The van der Waals surface area contributed by atoms with Crippen LogP contribution in [0, 0.1) is 0 Å². The summed E-state index contributed by atoms with van der Waals surface area (Å²) >= 11 is 0. The van der Waals surface area contributed by atoms with E-state index in [1.54, 1.807) is 48.8 Å². The highest BCUT2D eigenvalue weighted by atomic mass is 16.3. The number of aromatic nitrogens is 4. The second kappa shape index (κ2) is 10.0. The highest BCUT2D eigenvalue weighted by Crippen LogP contribution is 2.24. The van der Waals surface area contributed by atoms with E-state index >= 15 is 0 Å². The van der Waals surface area contributed by atoms with Gasteiger partial charge in [-0.2, -0.15) is 0 Å². The zero-order valence-electron chi connectivity index (χ0n) is 18.7. The Bertz CT molecular complexity index is 1400. The van der Waals surface area contributed by atoms with E-state index in [1.807, 2.05) is 24.3 Å². The number of amides is 2. The number of carbonyl (C=O) groups excluding carboxylic acids is 2. The predicted octanol–water partition coefficient (Wildman–Crippen LogP) is 3.10. The van der Waals surface area contributed by atoms with Crippen LogP contribution in [0.25, 0.3) is 11.0 Å². The maximum Gasteiger partial charge on any atom is 0.247 e. The van der Waals surface area contributed by atoms with Crippen LogP contribution in [0.15, 0.2) is 94.4 Å². The molecule has 10 heteroatoms. The van der Waals surface area contributed by atoms with Gasteiger partial charge in [0, 0.05) is 18.0 Å². The molecular weight excluding hydrogens is 448 g/mol. The minimum atomic E-state index is -0.967. The minimum Gasteiger partial charge on any atom is -0.467 e. The summed E-state index contributed by atoms with van der Waals surface area (Å²) in [6, 6.07) is 16.9. The van der Waals surface area contributed by atoms with Crippen LogP contribution in [-0.2, 0) is 29.2 Å². The Morgan fingerprint density at radius 1 is 0.971 bits per heavy atom. The van der Waals surface area contributed by atoms with E-state index in [0.717, 1.165) is 5.52 Å². The van der Waals surface area contributed by atoms with Gasteiger partial charge >= 0.3 is 0 Å². The summed E-state index contributed by atoms with van der Waals surface area (Å²) in [5.74, 6) is 0.424. The third-order valence-electron chi connectivity index (χ3n) is 5.51. The third-order valence-corrected chi connectivity index (χ3v) is 5.51. The molecule has 4 heterocycles. The molecule has 5 aromatic rings. The molecule has 1 atom stereocenters. The molecule has 0 radical (unpaired) electrons. The van der Waals surface area contributed by atoms with Crippen LogP contribution in [-0.4, -0.2) is 36.7 Å². The molecular formula is C25H22N6O4. The van der Waals surface area contributed by atoms with Gasteiger partial charge in [0.05, 0.1) is 31.1 Å². The van der Waals surface area contributed by atoms with E-state index in [2.05, 4.69) is 20.6 Å². The molecule has 0 spiro atoms. The first kappa shape index (κ1) is 22.1. The Labute approximate surface area is 200 Å². The van der Waals surface area contributed by atoms with E-state index in [1.165, 1.54) is 22.1 Å². The number of furan rings is 2. The van der Waals surface area contributed by atoms with Crippen LogP contribution < -0.4 is 5.32 Å². The van der Waals surface area contributed by atoms with E-state index in [4.69, 9.17) is 8.83 Å². The topological polar surface area (TPSA) is 119 Å². The lowest BCUT2D eigenvalue weighted by Crippen LogP contribution is -2.44. The molecule has 0 aliphatic rings. The summed E-state index contributed by atoms with van der Waals surface area (Å²) in [4.78, 5) is 32.8. The number of hydrogen-bond acceptors (Lipinski definition) is 7. The van der Waals surface area contributed by atoms with E-state index < -0.39 is 6.04 Å². The number of fused-ring (bicyclic) bond motifs is 1. The van der Waals surface area contributed by atoms with Gasteiger partial charge in [0.15, 0.2) is 0 Å². The standard InChI is InChI=1S/C25H22N6O4/c32-23(17-31-22-10-2-1-9-21(22)28-29-31)30(16-20-8-5-13-35-20)24(18-6-3-11-26-14-18)25(33)27-15-19-7-4-12-34-19/h1-14,24H,15-17H2,(H,27,33). The van der Waals surface area contributed by atoms with E-state index in [9.17, 15) is 9.59 Å². The summed E-state index contributed by atoms with van der Waals surface area (Å²) in [6.07, 6.45) is 6.25. The second-order valence-corrected chi connectivity index (χ2v) is 7.82. The molecule has 0 aliphatic heterocycles. The van der Waals surface area contributed by atoms with Crippen molar-refractivity contribution in [1.82, 2.24) is 30.2 Å². The van der Waals surface area contributed by atoms with Crippen LogP contribution in [0.5, 0.6) is 0 Å². The van der Waals surface area contributed by atoms with Gasteiger partial charge in [-0.3, -0.25) is 14.6 Å². The largest absolute Gasteiger partial charge is 0.467 e.